The summed E-state index contributed by atoms with van der Waals surface area (Å²) >= 11 is 1.74. The Morgan fingerprint density at radius 3 is 2.68 bits per heavy atom. The van der Waals surface area contributed by atoms with Crippen LogP contribution in [0.25, 0.3) is 11.0 Å². The zero-order valence-corrected chi connectivity index (χ0v) is 17.4. The number of pyridine rings is 1. The number of hydrogen-bond donors (Lipinski definition) is 1. The number of aromatic nitrogens is 3. The van der Waals surface area contributed by atoms with Crippen LogP contribution in [0.2, 0.25) is 0 Å². The van der Waals surface area contributed by atoms with Gasteiger partial charge in [-0.3, -0.25) is 4.98 Å². The van der Waals surface area contributed by atoms with E-state index < -0.39 is 0 Å². The fraction of sp³-hybridized carbons (Fsp3) is 0.304. The van der Waals surface area contributed by atoms with E-state index in [9.17, 15) is 0 Å². The van der Waals surface area contributed by atoms with Gasteiger partial charge < -0.3 is 9.88 Å². The Bertz CT molecular complexity index is 1030. The Morgan fingerprint density at radius 1 is 1.11 bits per heavy atom. The van der Waals surface area contributed by atoms with E-state index in [0.29, 0.717) is 12.6 Å². The number of fused-ring (bicyclic) bond motifs is 1. The highest BCUT2D eigenvalue weighted by molar-refractivity contribution is 7.07. The van der Waals surface area contributed by atoms with Crippen LogP contribution in [0.5, 0.6) is 0 Å². The Kier molecular flexibility index (Phi) is 5.55. The summed E-state index contributed by atoms with van der Waals surface area (Å²) in [5.41, 5.74) is 5.83. The molecule has 0 aliphatic carbocycles. The van der Waals surface area contributed by atoms with E-state index >= 15 is 0 Å². The first-order chi connectivity index (χ1) is 13.6. The molecule has 28 heavy (non-hydrogen) atoms. The molecule has 144 valence electrons. The molecule has 1 aromatic carbocycles. The summed E-state index contributed by atoms with van der Waals surface area (Å²) in [4.78, 5) is 9.58. The van der Waals surface area contributed by atoms with E-state index in [-0.39, 0.29) is 6.04 Å². The number of rotatable bonds is 7. The van der Waals surface area contributed by atoms with E-state index in [1.807, 2.05) is 12.3 Å². The lowest BCUT2D eigenvalue weighted by molar-refractivity contribution is 0.485. The van der Waals surface area contributed by atoms with Gasteiger partial charge in [-0.25, -0.2) is 4.98 Å². The van der Waals surface area contributed by atoms with Crippen LogP contribution in [0.3, 0.4) is 0 Å². The van der Waals surface area contributed by atoms with Crippen LogP contribution in [0.4, 0.5) is 0 Å². The molecule has 1 N–H and O–H groups in total. The van der Waals surface area contributed by atoms with E-state index in [1.165, 1.54) is 16.6 Å². The molecule has 0 saturated carbocycles. The van der Waals surface area contributed by atoms with Crippen molar-refractivity contribution < 1.29 is 0 Å². The zero-order chi connectivity index (χ0) is 19.5. The van der Waals surface area contributed by atoms with E-state index in [2.05, 4.69) is 82.8 Å². The van der Waals surface area contributed by atoms with Crippen LogP contribution >= 0.6 is 11.3 Å². The smallest absolute Gasteiger partial charge is 0.124 e. The van der Waals surface area contributed by atoms with Gasteiger partial charge in [0.1, 0.15) is 5.82 Å². The second kappa shape index (κ2) is 8.25. The molecule has 0 amide bonds. The summed E-state index contributed by atoms with van der Waals surface area (Å²) in [5.74, 6) is 1.07. The van der Waals surface area contributed by atoms with Crippen LogP contribution in [-0.4, -0.2) is 14.5 Å². The van der Waals surface area contributed by atoms with Gasteiger partial charge in [-0.1, -0.05) is 18.2 Å². The second-order valence-electron chi connectivity index (χ2n) is 7.51. The number of benzene rings is 1. The molecule has 0 aliphatic rings. The zero-order valence-electron chi connectivity index (χ0n) is 16.6. The molecular weight excluding hydrogens is 364 g/mol. The predicted molar refractivity (Wildman–Crippen MR) is 117 cm³/mol. The predicted octanol–water partition coefficient (Wildman–Crippen LogP) is 5.46. The van der Waals surface area contributed by atoms with Crippen molar-refractivity contribution in [1.29, 1.82) is 0 Å². The quantitative estimate of drug-likeness (QED) is 0.456. The van der Waals surface area contributed by atoms with Gasteiger partial charge in [0.15, 0.2) is 0 Å². The topological polar surface area (TPSA) is 42.7 Å². The molecule has 0 saturated heterocycles. The number of imidazole rings is 1. The highest BCUT2D eigenvalue weighted by Gasteiger charge is 2.17. The van der Waals surface area contributed by atoms with E-state index in [1.54, 1.807) is 11.3 Å². The van der Waals surface area contributed by atoms with Crippen molar-refractivity contribution in [2.75, 3.05) is 0 Å². The number of nitrogens with zero attached hydrogens (tertiary/aromatic N) is 3. The Labute approximate surface area is 170 Å². The van der Waals surface area contributed by atoms with Gasteiger partial charge in [-0.05, 0) is 73.3 Å². The van der Waals surface area contributed by atoms with Crippen molar-refractivity contribution in [2.45, 2.75) is 45.8 Å². The van der Waals surface area contributed by atoms with Crippen molar-refractivity contribution in [1.82, 2.24) is 19.9 Å². The highest BCUT2D eigenvalue weighted by atomic mass is 32.1. The second-order valence-corrected chi connectivity index (χ2v) is 8.29. The lowest BCUT2D eigenvalue weighted by Crippen LogP contribution is -2.25. The van der Waals surface area contributed by atoms with Crippen molar-refractivity contribution in [3.05, 3.63) is 82.1 Å². The van der Waals surface area contributed by atoms with Gasteiger partial charge in [-0.15, -0.1) is 0 Å². The largest absolute Gasteiger partial charge is 0.324 e. The van der Waals surface area contributed by atoms with Crippen molar-refractivity contribution >= 4 is 22.4 Å². The van der Waals surface area contributed by atoms with Gasteiger partial charge in [-0.2, -0.15) is 11.3 Å². The van der Waals surface area contributed by atoms with Crippen molar-refractivity contribution in [3.63, 3.8) is 0 Å². The molecule has 3 aromatic heterocycles. The minimum absolute atomic E-state index is 0.149. The fourth-order valence-electron chi connectivity index (χ4n) is 3.62. The molecule has 4 aromatic rings. The molecule has 0 aliphatic heterocycles. The fourth-order valence-corrected chi connectivity index (χ4v) is 4.30. The molecule has 0 bridgehead atoms. The minimum atomic E-state index is 0.149. The third-order valence-electron chi connectivity index (χ3n) is 5.00. The molecule has 3 heterocycles. The van der Waals surface area contributed by atoms with E-state index in [4.69, 9.17) is 4.98 Å². The van der Waals surface area contributed by atoms with Crippen LogP contribution in [0, 0.1) is 6.92 Å². The first kappa shape index (κ1) is 18.8. The van der Waals surface area contributed by atoms with Crippen LogP contribution in [-0.2, 0) is 13.0 Å². The van der Waals surface area contributed by atoms with Gasteiger partial charge in [0.2, 0.25) is 0 Å². The molecule has 0 radical (unpaired) electrons. The van der Waals surface area contributed by atoms with Gasteiger partial charge in [0, 0.05) is 12.2 Å². The summed E-state index contributed by atoms with van der Waals surface area (Å²) in [6.07, 6.45) is 2.86. The highest BCUT2D eigenvalue weighted by Crippen LogP contribution is 2.23. The van der Waals surface area contributed by atoms with E-state index in [0.717, 1.165) is 23.5 Å². The Balaban J connectivity index is 1.61. The average Bonchev–Trinajstić information content (AvgIpc) is 3.33. The molecule has 5 heteroatoms. The normalized spacial score (nSPS) is 12.7. The Morgan fingerprint density at radius 2 is 1.96 bits per heavy atom. The van der Waals surface area contributed by atoms with Crippen molar-refractivity contribution in [2.24, 2.45) is 0 Å². The van der Waals surface area contributed by atoms with Gasteiger partial charge in [0.05, 0.1) is 29.3 Å². The first-order valence-electron chi connectivity index (χ1n) is 9.74. The summed E-state index contributed by atoms with van der Waals surface area (Å²) in [5, 5.41) is 8.07. The molecule has 1 atom stereocenters. The van der Waals surface area contributed by atoms with Crippen LogP contribution in [0.1, 0.15) is 48.6 Å². The number of aryl methyl sites for hydroxylation is 1. The van der Waals surface area contributed by atoms with Gasteiger partial charge >= 0.3 is 0 Å². The monoisotopic (exact) mass is 390 g/mol. The summed E-state index contributed by atoms with van der Waals surface area (Å²) in [6.45, 7) is 7.20. The lowest BCUT2D eigenvalue weighted by atomic mass is 10.0. The third-order valence-corrected chi connectivity index (χ3v) is 5.74. The molecule has 0 fully saturated rings. The maximum Gasteiger partial charge on any atom is 0.124 e. The number of hydrogen-bond acceptors (Lipinski definition) is 4. The number of thiophene rings is 1. The minimum Gasteiger partial charge on any atom is -0.324 e. The average molecular weight is 391 g/mol. The molecular formula is C23H26N4S. The molecule has 4 rings (SSSR count). The first-order valence-corrected chi connectivity index (χ1v) is 10.7. The van der Waals surface area contributed by atoms with Crippen LogP contribution < -0.4 is 5.32 Å². The van der Waals surface area contributed by atoms with Crippen molar-refractivity contribution in [3.8, 4) is 0 Å². The summed E-state index contributed by atoms with van der Waals surface area (Å²) in [6, 6.07) is 15.3. The maximum atomic E-state index is 4.89. The SMILES string of the molecule is Cc1ccc(C(Cc2ccsc2)NCc2nc3ccccc3n2C(C)C)nc1. The summed E-state index contributed by atoms with van der Waals surface area (Å²) < 4.78 is 2.33. The molecule has 4 nitrogen and oxygen atoms in total. The standard InChI is InChI=1S/C23H26N4S/c1-16(2)27-22-7-5-4-6-20(22)26-23(27)14-25-21(12-18-10-11-28-15-18)19-9-8-17(3)13-24-19/h4-11,13,15-16,21,25H,12,14H2,1-3H3. The molecule has 1 unspecified atom stereocenters. The maximum absolute atomic E-state index is 4.89. The molecule has 0 spiro atoms. The lowest BCUT2D eigenvalue weighted by Gasteiger charge is -2.19. The number of para-hydroxylation sites is 2. The van der Waals surface area contributed by atoms with Crippen LogP contribution in [0.15, 0.2) is 59.4 Å². The third kappa shape index (κ3) is 4.01. The van der Waals surface area contributed by atoms with Gasteiger partial charge in [0.25, 0.3) is 0 Å². The number of nitrogens with one attached hydrogen (secondary N) is 1. The Hall–Kier alpha value is -2.50. The summed E-state index contributed by atoms with van der Waals surface area (Å²) in [7, 11) is 0.